The second-order valence-electron chi connectivity index (χ2n) is 4.18. The maximum absolute atomic E-state index is 11.5. The first-order chi connectivity index (χ1) is 9.16. The molecule has 102 valence electrons. The minimum Gasteiger partial charge on any atom is -0.494 e. The van der Waals surface area contributed by atoms with E-state index in [1.807, 2.05) is 0 Å². The van der Waals surface area contributed by atoms with Crippen molar-refractivity contribution in [3.63, 3.8) is 0 Å². The highest BCUT2D eigenvalue weighted by Crippen LogP contribution is 2.18. The van der Waals surface area contributed by atoms with Gasteiger partial charge in [-0.3, -0.25) is 14.5 Å². The van der Waals surface area contributed by atoms with Crippen LogP contribution in [0.5, 0.6) is 5.75 Å². The molecule has 1 aliphatic rings. The number of imide groups is 1. The number of carbonyl (C=O) groups excluding carboxylic acids is 2. The Labute approximate surface area is 116 Å². The summed E-state index contributed by atoms with van der Waals surface area (Å²) >= 11 is 1.20. The van der Waals surface area contributed by atoms with Crippen LogP contribution >= 0.6 is 11.8 Å². The quantitative estimate of drug-likeness (QED) is 0.660. The summed E-state index contributed by atoms with van der Waals surface area (Å²) in [6.07, 6.45) is 1.07. The highest BCUT2D eigenvalue weighted by molar-refractivity contribution is 8.13. The van der Waals surface area contributed by atoms with Crippen molar-refractivity contribution in [3.8, 4) is 5.75 Å². The van der Waals surface area contributed by atoms with Crippen LogP contribution in [-0.4, -0.2) is 35.0 Å². The smallest absolute Gasteiger partial charge is 0.288 e. The lowest BCUT2D eigenvalue weighted by molar-refractivity contribution is -0.127. The molecule has 6 heteroatoms. The number of hydrogen-bond donors (Lipinski definition) is 1. The molecule has 0 spiro atoms. The summed E-state index contributed by atoms with van der Waals surface area (Å²) in [7, 11) is 0. The number of thioether (sulfide) groups is 1. The summed E-state index contributed by atoms with van der Waals surface area (Å²) in [5.74, 6) is 1.24. The third kappa shape index (κ3) is 3.89. The molecule has 1 fully saturated rings. The molecule has 0 aliphatic carbocycles. The average Bonchev–Trinajstić information content (AvgIpc) is 2.39. The molecule has 19 heavy (non-hydrogen) atoms. The van der Waals surface area contributed by atoms with Gasteiger partial charge in [0.15, 0.2) is 0 Å². The van der Waals surface area contributed by atoms with Crippen molar-refractivity contribution in [2.24, 2.45) is 0 Å². The fourth-order valence-corrected chi connectivity index (χ4v) is 2.53. The van der Waals surface area contributed by atoms with E-state index in [9.17, 15) is 9.59 Å². The molecule has 0 atom stereocenters. The number of carbonyl (C=O) groups is 2. The lowest BCUT2D eigenvalue weighted by atomic mass is 10.3. The molecule has 2 rings (SSSR count). The first-order valence-corrected chi connectivity index (χ1v) is 7.11. The number of nitrogen functional groups attached to an aromatic ring is 1. The molecule has 0 unspecified atom stereocenters. The van der Waals surface area contributed by atoms with Crippen LogP contribution in [0.4, 0.5) is 10.5 Å². The first kappa shape index (κ1) is 13.7. The van der Waals surface area contributed by atoms with Crippen LogP contribution in [0.15, 0.2) is 24.3 Å². The lowest BCUT2D eigenvalue weighted by Gasteiger charge is -2.23. The maximum Gasteiger partial charge on any atom is 0.288 e. The van der Waals surface area contributed by atoms with Crippen LogP contribution in [0.1, 0.15) is 12.8 Å². The van der Waals surface area contributed by atoms with Gasteiger partial charge in [0.05, 0.1) is 6.61 Å². The van der Waals surface area contributed by atoms with Gasteiger partial charge in [0.25, 0.3) is 5.24 Å². The predicted octanol–water partition coefficient (Wildman–Crippen LogP) is 2.12. The van der Waals surface area contributed by atoms with E-state index >= 15 is 0 Å². The Kier molecular flexibility index (Phi) is 4.68. The SMILES string of the molecule is Nc1ccc(OCCCN2C(=O)CCSC2=O)cc1. The summed E-state index contributed by atoms with van der Waals surface area (Å²) in [4.78, 5) is 24.4. The van der Waals surface area contributed by atoms with E-state index in [0.717, 1.165) is 5.75 Å². The van der Waals surface area contributed by atoms with E-state index in [1.165, 1.54) is 16.7 Å². The Hall–Kier alpha value is -1.69. The van der Waals surface area contributed by atoms with E-state index in [2.05, 4.69) is 0 Å². The summed E-state index contributed by atoms with van der Waals surface area (Å²) in [5.41, 5.74) is 6.26. The first-order valence-electron chi connectivity index (χ1n) is 6.12. The van der Waals surface area contributed by atoms with Crippen LogP contribution in [-0.2, 0) is 4.79 Å². The fourth-order valence-electron chi connectivity index (χ4n) is 1.73. The van der Waals surface area contributed by atoms with Gasteiger partial charge in [0.1, 0.15) is 5.75 Å². The number of ether oxygens (including phenoxy) is 1. The number of hydrogen-bond acceptors (Lipinski definition) is 5. The van der Waals surface area contributed by atoms with Crippen molar-refractivity contribution in [2.75, 3.05) is 24.6 Å². The Balaban J connectivity index is 1.73. The molecule has 0 saturated carbocycles. The number of rotatable bonds is 5. The molecule has 0 radical (unpaired) electrons. The van der Waals surface area contributed by atoms with Crippen LogP contribution in [0.2, 0.25) is 0 Å². The Morgan fingerprint density at radius 2 is 2.00 bits per heavy atom. The molecule has 1 saturated heterocycles. The standard InChI is InChI=1S/C13H16N2O3S/c14-10-2-4-11(5-3-10)18-8-1-7-15-12(16)6-9-19-13(15)17/h2-5H,1,6-9,14H2. The zero-order chi connectivity index (χ0) is 13.7. The van der Waals surface area contributed by atoms with E-state index < -0.39 is 0 Å². The second-order valence-corrected chi connectivity index (χ2v) is 5.23. The summed E-state index contributed by atoms with van der Waals surface area (Å²) in [6, 6.07) is 7.12. The number of amides is 2. The molecular formula is C13H16N2O3S. The van der Waals surface area contributed by atoms with Crippen molar-refractivity contribution in [3.05, 3.63) is 24.3 Å². The van der Waals surface area contributed by atoms with Crippen molar-refractivity contribution in [1.29, 1.82) is 0 Å². The Morgan fingerprint density at radius 1 is 1.26 bits per heavy atom. The number of nitrogens with two attached hydrogens (primary N) is 1. The van der Waals surface area contributed by atoms with Gasteiger partial charge in [-0.25, -0.2) is 0 Å². The van der Waals surface area contributed by atoms with Gasteiger partial charge in [-0.05, 0) is 30.7 Å². The van der Waals surface area contributed by atoms with Gasteiger partial charge < -0.3 is 10.5 Å². The maximum atomic E-state index is 11.5. The Bertz CT molecular complexity index is 445. The summed E-state index contributed by atoms with van der Waals surface area (Å²) in [6.45, 7) is 0.880. The van der Waals surface area contributed by atoms with Gasteiger partial charge in [0.2, 0.25) is 5.91 Å². The molecule has 0 bridgehead atoms. The molecular weight excluding hydrogens is 264 g/mol. The van der Waals surface area contributed by atoms with Gasteiger partial charge >= 0.3 is 0 Å². The van der Waals surface area contributed by atoms with E-state index in [4.69, 9.17) is 10.5 Å². The minimum atomic E-state index is -0.149. The van der Waals surface area contributed by atoms with Crippen LogP contribution < -0.4 is 10.5 Å². The van der Waals surface area contributed by atoms with Crippen LogP contribution in [0, 0.1) is 0 Å². The third-order valence-corrected chi connectivity index (χ3v) is 3.61. The number of benzene rings is 1. The van der Waals surface area contributed by atoms with Crippen molar-refractivity contribution < 1.29 is 14.3 Å². The van der Waals surface area contributed by atoms with Gasteiger partial charge in [0, 0.05) is 24.4 Å². The second kappa shape index (κ2) is 6.47. The molecule has 0 aromatic heterocycles. The van der Waals surface area contributed by atoms with Crippen LogP contribution in [0.3, 0.4) is 0 Å². The topological polar surface area (TPSA) is 72.6 Å². The number of nitrogens with zero attached hydrogens (tertiary/aromatic N) is 1. The highest BCUT2D eigenvalue weighted by Gasteiger charge is 2.25. The predicted molar refractivity (Wildman–Crippen MR) is 75.2 cm³/mol. The normalized spacial score (nSPS) is 15.7. The van der Waals surface area contributed by atoms with Crippen molar-refractivity contribution >= 4 is 28.6 Å². The fraction of sp³-hybridized carbons (Fsp3) is 0.385. The number of anilines is 1. The molecule has 1 aromatic carbocycles. The Morgan fingerprint density at radius 3 is 2.68 bits per heavy atom. The minimum absolute atomic E-state index is 0.0868. The van der Waals surface area contributed by atoms with E-state index in [-0.39, 0.29) is 11.1 Å². The summed E-state index contributed by atoms with van der Waals surface area (Å²) < 4.78 is 5.51. The zero-order valence-electron chi connectivity index (χ0n) is 10.5. The van der Waals surface area contributed by atoms with Gasteiger partial charge in [-0.1, -0.05) is 11.8 Å². The van der Waals surface area contributed by atoms with Crippen LogP contribution in [0.25, 0.3) is 0 Å². The monoisotopic (exact) mass is 280 g/mol. The van der Waals surface area contributed by atoms with Crippen molar-refractivity contribution in [2.45, 2.75) is 12.8 Å². The van der Waals surface area contributed by atoms with Crippen molar-refractivity contribution in [1.82, 2.24) is 4.90 Å². The lowest BCUT2D eigenvalue weighted by Crippen LogP contribution is -2.39. The molecule has 2 amide bonds. The molecule has 1 heterocycles. The molecule has 1 aliphatic heterocycles. The average molecular weight is 280 g/mol. The zero-order valence-corrected chi connectivity index (χ0v) is 11.3. The molecule has 5 nitrogen and oxygen atoms in total. The summed E-state index contributed by atoms with van der Waals surface area (Å²) in [5, 5.41) is -0.149. The third-order valence-electron chi connectivity index (χ3n) is 2.74. The van der Waals surface area contributed by atoms with E-state index in [0.29, 0.717) is 37.4 Å². The molecule has 2 N–H and O–H groups in total. The van der Waals surface area contributed by atoms with Gasteiger partial charge in [-0.2, -0.15) is 0 Å². The highest BCUT2D eigenvalue weighted by atomic mass is 32.2. The van der Waals surface area contributed by atoms with E-state index in [1.54, 1.807) is 24.3 Å². The molecule has 1 aromatic rings. The largest absolute Gasteiger partial charge is 0.494 e. The van der Waals surface area contributed by atoms with Gasteiger partial charge in [-0.15, -0.1) is 0 Å².